The lowest BCUT2D eigenvalue weighted by atomic mass is 10.0. The summed E-state index contributed by atoms with van der Waals surface area (Å²) in [6.07, 6.45) is 5.78. The van der Waals surface area contributed by atoms with Gasteiger partial charge >= 0.3 is 0 Å². The van der Waals surface area contributed by atoms with E-state index in [9.17, 15) is 8.78 Å². The number of benzene rings is 1. The highest BCUT2D eigenvalue weighted by atomic mass is 32.1. The molecule has 2 aromatic rings. The first-order chi connectivity index (χ1) is 10.2. The van der Waals surface area contributed by atoms with Gasteiger partial charge in [-0.2, -0.15) is 0 Å². The summed E-state index contributed by atoms with van der Waals surface area (Å²) in [7, 11) is 0. The molecule has 1 aliphatic rings. The molecule has 1 aromatic carbocycles. The molecular formula is C16H18F2N2S. The van der Waals surface area contributed by atoms with E-state index >= 15 is 0 Å². The topological polar surface area (TPSA) is 38.0 Å². The molecule has 1 aromatic heterocycles. The number of thiophene rings is 1. The largest absolute Gasteiger partial charge is 0.271 e. The molecule has 0 aliphatic heterocycles. The van der Waals surface area contributed by atoms with E-state index in [1.807, 2.05) is 0 Å². The first-order valence-corrected chi connectivity index (χ1v) is 8.04. The van der Waals surface area contributed by atoms with Gasteiger partial charge in [-0.25, -0.2) is 14.2 Å². The lowest BCUT2D eigenvalue weighted by molar-refractivity contribution is 0.484. The molecule has 1 aliphatic carbocycles. The van der Waals surface area contributed by atoms with Gasteiger partial charge in [0.25, 0.3) is 0 Å². The zero-order valence-electron chi connectivity index (χ0n) is 11.7. The Morgan fingerprint density at radius 1 is 1.14 bits per heavy atom. The van der Waals surface area contributed by atoms with E-state index in [1.165, 1.54) is 35.8 Å². The number of nitrogens with one attached hydrogen (secondary N) is 1. The maximum Gasteiger partial charge on any atom is 0.164 e. The lowest BCUT2D eigenvalue weighted by Crippen LogP contribution is -2.29. The van der Waals surface area contributed by atoms with E-state index in [4.69, 9.17) is 5.84 Å². The highest BCUT2D eigenvalue weighted by Gasteiger charge is 2.22. The molecule has 0 saturated heterocycles. The van der Waals surface area contributed by atoms with Gasteiger partial charge < -0.3 is 0 Å². The molecule has 2 nitrogen and oxygen atoms in total. The molecule has 0 saturated carbocycles. The van der Waals surface area contributed by atoms with Gasteiger partial charge in [0.15, 0.2) is 11.6 Å². The van der Waals surface area contributed by atoms with Crippen LogP contribution in [0.1, 0.15) is 46.2 Å². The summed E-state index contributed by atoms with van der Waals surface area (Å²) >= 11 is 1.66. The maximum absolute atomic E-state index is 14.0. The van der Waals surface area contributed by atoms with Crippen molar-refractivity contribution in [2.24, 2.45) is 5.84 Å². The average Bonchev–Trinajstić information content (AvgIpc) is 2.75. The Morgan fingerprint density at radius 3 is 2.76 bits per heavy atom. The fourth-order valence-corrected chi connectivity index (χ4v) is 4.24. The Bertz CT molecular complexity index is 616. The average molecular weight is 308 g/mol. The number of aryl methyl sites for hydroxylation is 2. The van der Waals surface area contributed by atoms with Crippen LogP contribution in [0.3, 0.4) is 0 Å². The third-order valence-electron chi connectivity index (χ3n) is 4.01. The van der Waals surface area contributed by atoms with Crippen LogP contribution in [0.5, 0.6) is 0 Å². The number of hydrazine groups is 1. The van der Waals surface area contributed by atoms with Gasteiger partial charge in [-0.05, 0) is 43.4 Å². The van der Waals surface area contributed by atoms with Gasteiger partial charge in [-0.15, -0.1) is 11.3 Å². The zero-order chi connectivity index (χ0) is 14.8. The van der Waals surface area contributed by atoms with E-state index in [-0.39, 0.29) is 5.56 Å². The van der Waals surface area contributed by atoms with E-state index in [1.54, 1.807) is 17.4 Å². The molecule has 0 radical (unpaired) electrons. The highest BCUT2D eigenvalue weighted by Crippen LogP contribution is 2.35. The summed E-state index contributed by atoms with van der Waals surface area (Å²) in [5, 5.41) is 0. The summed E-state index contributed by atoms with van der Waals surface area (Å²) < 4.78 is 27.4. The van der Waals surface area contributed by atoms with Crippen LogP contribution >= 0.6 is 11.3 Å². The summed E-state index contributed by atoms with van der Waals surface area (Å²) in [5.41, 5.74) is 4.23. The smallest absolute Gasteiger partial charge is 0.164 e. The molecule has 5 heteroatoms. The second kappa shape index (κ2) is 6.22. The lowest BCUT2D eigenvalue weighted by Gasteiger charge is -2.15. The van der Waals surface area contributed by atoms with Crippen LogP contribution in [0.25, 0.3) is 0 Å². The molecule has 1 unspecified atom stereocenters. The maximum atomic E-state index is 14.0. The standard InChI is InChI=1S/C16H18F2N2S/c17-12-7-4-6-11(15(12)18)16(20-19)14-9-10-5-2-1-3-8-13(10)21-14/h4,6-7,9,16,20H,1-3,5,8,19H2. The molecule has 21 heavy (non-hydrogen) atoms. The van der Waals surface area contributed by atoms with Crippen molar-refractivity contribution in [3.05, 3.63) is 56.8 Å². The van der Waals surface area contributed by atoms with Crippen LogP contribution in [0, 0.1) is 11.6 Å². The Hall–Kier alpha value is -1.30. The summed E-state index contributed by atoms with van der Waals surface area (Å²) in [5.74, 6) is 3.94. The van der Waals surface area contributed by atoms with Crippen molar-refractivity contribution in [2.75, 3.05) is 0 Å². The first-order valence-electron chi connectivity index (χ1n) is 7.22. The SMILES string of the molecule is NNC(c1cc2c(s1)CCCCC2)c1cccc(F)c1F. The minimum Gasteiger partial charge on any atom is -0.271 e. The van der Waals surface area contributed by atoms with Crippen molar-refractivity contribution in [3.63, 3.8) is 0 Å². The molecule has 0 amide bonds. The van der Waals surface area contributed by atoms with Crippen LogP contribution in [0.4, 0.5) is 8.78 Å². The Kier molecular flexibility index (Phi) is 4.33. The summed E-state index contributed by atoms with van der Waals surface area (Å²) in [6, 6.07) is 5.80. The van der Waals surface area contributed by atoms with Gasteiger partial charge in [-0.1, -0.05) is 18.6 Å². The molecule has 0 spiro atoms. The van der Waals surface area contributed by atoms with Crippen molar-refractivity contribution in [1.29, 1.82) is 0 Å². The third kappa shape index (κ3) is 2.86. The van der Waals surface area contributed by atoms with E-state index in [2.05, 4.69) is 11.5 Å². The van der Waals surface area contributed by atoms with Crippen LogP contribution < -0.4 is 11.3 Å². The van der Waals surface area contributed by atoms with Crippen molar-refractivity contribution >= 4 is 11.3 Å². The van der Waals surface area contributed by atoms with Crippen molar-refractivity contribution in [2.45, 2.75) is 38.1 Å². The fourth-order valence-electron chi connectivity index (χ4n) is 2.90. The predicted molar refractivity (Wildman–Crippen MR) is 81.1 cm³/mol. The van der Waals surface area contributed by atoms with Gasteiger partial charge in [0, 0.05) is 15.3 Å². The number of hydrogen-bond donors (Lipinski definition) is 2. The van der Waals surface area contributed by atoms with Crippen LogP contribution in [0.2, 0.25) is 0 Å². The number of nitrogens with two attached hydrogens (primary N) is 1. The first kappa shape index (κ1) is 14.6. The van der Waals surface area contributed by atoms with E-state index in [0.717, 1.165) is 23.8 Å². The van der Waals surface area contributed by atoms with E-state index < -0.39 is 17.7 Å². The number of hydrogen-bond acceptors (Lipinski definition) is 3. The van der Waals surface area contributed by atoms with Gasteiger partial charge in [-0.3, -0.25) is 5.84 Å². The second-order valence-electron chi connectivity index (χ2n) is 5.40. The molecule has 3 N–H and O–H groups in total. The van der Waals surface area contributed by atoms with Crippen molar-refractivity contribution in [1.82, 2.24) is 5.43 Å². The Labute approximate surface area is 127 Å². The molecule has 112 valence electrons. The highest BCUT2D eigenvalue weighted by molar-refractivity contribution is 7.12. The van der Waals surface area contributed by atoms with Gasteiger partial charge in [0.05, 0.1) is 6.04 Å². The molecule has 3 rings (SSSR count). The molecule has 1 atom stereocenters. The Balaban J connectivity index is 1.98. The Morgan fingerprint density at radius 2 is 1.95 bits per heavy atom. The van der Waals surface area contributed by atoms with Crippen molar-refractivity contribution in [3.8, 4) is 0 Å². The fraction of sp³-hybridized carbons (Fsp3) is 0.375. The molecule has 0 bridgehead atoms. The van der Waals surface area contributed by atoms with Crippen LogP contribution in [-0.2, 0) is 12.8 Å². The van der Waals surface area contributed by atoms with Gasteiger partial charge in [0.1, 0.15) is 0 Å². The normalized spacial score (nSPS) is 16.3. The monoisotopic (exact) mass is 308 g/mol. The van der Waals surface area contributed by atoms with Crippen LogP contribution in [-0.4, -0.2) is 0 Å². The number of halogens is 2. The summed E-state index contributed by atoms with van der Waals surface area (Å²) in [6.45, 7) is 0. The molecular weight excluding hydrogens is 290 g/mol. The minimum atomic E-state index is -0.842. The third-order valence-corrected chi connectivity index (χ3v) is 5.31. The summed E-state index contributed by atoms with van der Waals surface area (Å²) in [4.78, 5) is 2.31. The van der Waals surface area contributed by atoms with Crippen LogP contribution in [0.15, 0.2) is 24.3 Å². The second-order valence-corrected chi connectivity index (χ2v) is 6.57. The van der Waals surface area contributed by atoms with E-state index in [0.29, 0.717) is 0 Å². The molecule has 1 heterocycles. The van der Waals surface area contributed by atoms with Crippen molar-refractivity contribution < 1.29 is 8.78 Å². The minimum absolute atomic E-state index is 0.258. The van der Waals surface area contributed by atoms with Gasteiger partial charge in [0.2, 0.25) is 0 Å². The molecule has 0 fully saturated rings. The number of fused-ring (bicyclic) bond motifs is 1. The number of rotatable bonds is 3. The predicted octanol–water partition coefficient (Wildman–Crippen LogP) is 3.85. The quantitative estimate of drug-likeness (QED) is 0.513. The zero-order valence-corrected chi connectivity index (χ0v) is 12.5.